The van der Waals surface area contributed by atoms with Crippen molar-refractivity contribution in [1.82, 2.24) is 19.7 Å². The molecule has 2 aromatic rings. The van der Waals surface area contributed by atoms with Crippen LogP contribution in [0.5, 0.6) is 0 Å². The van der Waals surface area contributed by atoms with Crippen molar-refractivity contribution in [1.29, 1.82) is 0 Å². The molecule has 1 fully saturated rings. The summed E-state index contributed by atoms with van der Waals surface area (Å²) in [6.07, 6.45) is 6.18. The highest BCUT2D eigenvalue weighted by atomic mass is 15.3. The van der Waals surface area contributed by atoms with Crippen molar-refractivity contribution in [3.8, 4) is 11.4 Å². The van der Waals surface area contributed by atoms with Gasteiger partial charge in [-0.3, -0.25) is 9.67 Å². The van der Waals surface area contributed by atoms with Crippen LogP contribution in [0.3, 0.4) is 0 Å². The number of aryl methyl sites for hydroxylation is 1. The molecule has 2 aromatic heterocycles. The molecule has 0 spiro atoms. The molecule has 0 aliphatic carbocycles. The van der Waals surface area contributed by atoms with Gasteiger partial charge in [0.2, 0.25) is 0 Å². The quantitative estimate of drug-likeness (QED) is 0.842. The van der Waals surface area contributed by atoms with Crippen molar-refractivity contribution in [2.24, 2.45) is 13.0 Å². The minimum absolute atomic E-state index is 0.784. The lowest BCUT2D eigenvalue weighted by molar-refractivity contribution is 0.394. The lowest BCUT2D eigenvalue weighted by Gasteiger charge is -2.11. The molecule has 1 atom stereocenters. The Bertz CT molecular complexity index is 561. The van der Waals surface area contributed by atoms with E-state index in [1.165, 1.54) is 25.1 Å². The fourth-order valence-corrected chi connectivity index (χ4v) is 2.89. The zero-order valence-corrected chi connectivity index (χ0v) is 11.6. The minimum Gasteiger partial charge on any atom is -0.306 e. The largest absolute Gasteiger partial charge is 0.306 e. The third-order valence-electron chi connectivity index (χ3n) is 3.92. The number of aromatic nitrogens is 3. The van der Waals surface area contributed by atoms with Crippen molar-refractivity contribution in [3.05, 3.63) is 36.2 Å². The van der Waals surface area contributed by atoms with Crippen LogP contribution in [0.1, 0.15) is 12.0 Å². The normalized spacial score (nSPS) is 20.0. The Morgan fingerprint density at radius 1 is 1.26 bits per heavy atom. The van der Waals surface area contributed by atoms with Crippen LogP contribution in [-0.2, 0) is 13.5 Å². The van der Waals surface area contributed by atoms with Gasteiger partial charge in [-0.25, -0.2) is 0 Å². The first-order valence-corrected chi connectivity index (χ1v) is 6.84. The van der Waals surface area contributed by atoms with Gasteiger partial charge in [0.25, 0.3) is 0 Å². The third kappa shape index (κ3) is 2.68. The van der Waals surface area contributed by atoms with E-state index >= 15 is 0 Å². The predicted molar refractivity (Wildman–Crippen MR) is 75.7 cm³/mol. The molecule has 1 saturated heterocycles. The van der Waals surface area contributed by atoms with E-state index in [2.05, 4.69) is 34.2 Å². The van der Waals surface area contributed by atoms with Crippen LogP contribution >= 0.6 is 0 Å². The summed E-state index contributed by atoms with van der Waals surface area (Å²) in [5, 5.41) is 4.21. The summed E-state index contributed by atoms with van der Waals surface area (Å²) >= 11 is 0. The molecular weight excluding hydrogens is 236 g/mol. The minimum atomic E-state index is 0.784. The average molecular weight is 256 g/mol. The van der Waals surface area contributed by atoms with E-state index in [9.17, 15) is 0 Å². The van der Waals surface area contributed by atoms with Crippen LogP contribution in [0.15, 0.2) is 30.6 Å². The Morgan fingerprint density at radius 3 is 2.84 bits per heavy atom. The van der Waals surface area contributed by atoms with Gasteiger partial charge in [0, 0.05) is 26.0 Å². The molecule has 0 aromatic carbocycles. The number of likely N-dealkylation sites (tertiary alicyclic amines) is 1. The van der Waals surface area contributed by atoms with Crippen LogP contribution in [-0.4, -0.2) is 39.8 Å². The Balaban J connectivity index is 1.79. The van der Waals surface area contributed by atoms with Crippen molar-refractivity contribution in [2.45, 2.75) is 12.8 Å². The average Bonchev–Trinajstić information content (AvgIpc) is 2.99. The maximum Gasteiger partial charge on any atom is 0.0885 e. The summed E-state index contributed by atoms with van der Waals surface area (Å²) in [6, 6.07) is 6.35. The first-order chi connectivity index (χ1) is 9.22. The van der Waals surface area contributed by atoms with Crippen molar-refractivity contribution >= 4 is 0 Å². The van der Waals surface area contributed by atoms with E-state index in [0.29, 0.717) is 0 Å². The maximum absolute atomic E-state index is 4.46. The fraction of sp³-hybridized carbons (Fsp3) is 0.467. The number of hydrogen-bond donors (Lipinski definition) is 0. The summed E-state index contributed by atoms with van der Waals surface area (Å²) in [7, 11) is 4.16. The molecule has 3 heterocycles. The van der Waals surface area contributed by atoms with Gasteiger partial charge in [0.05, 0.1) is 11.4 Å². The summed E-state index contributed by atoms with van der Waals surface area (Å²) in [5.74, 6) is 0.784. The zero-order chi connectivity index (χ0) is 13.2. The Kier molecular flexibility index (Phi) is 3.34. The Morgan fingerprint density at radius 2 is 2.16 bits per heavy atom. The van der Waals surface area contributed by atoms with Gasteiger partial charge in [0.15, 0.2) is 0 Å². The molecule has 1 aliphatic heterocycles. The first kappa shape index (κ1) is 12.4. The summed E-state index contributed by atoms with van der Waals surface area (Å²) < 4.78 is 1.87. The first-order valence-electron chi connectivity index (χ1n) is 6.84. The number of nitrogens with zero attached hydrogens (tertiary/aromatic N) is 4. The number of pyridine rings is 1. The van der Waals surface area contributed by atoms with E-state index in [0.717, 1.165) is 23.7 Å². The van der Waals surface area contributed by atoms with Gasteiger partial charge in [-0.05, 0) is 56.1 Å². The summed E-state index contributed by atoms with van der Waals surface area (Å²) in [5.41, 5.74) is 3.47. The van der Waals surface area contributed by atoms with Crippen LogP contribution < -0.4 is 0 Å². The monoisotopic (exact) mass is 256 g/mol. The van der Waals surface area contributed by atoms with E-state index in [1.807, 2.05) is 30.2 Å². The SMILES string of the molecule is CN1CC[C@@H](Cc2ccnc(-c3ccnn3C)c2)C1. The molecule has 0 radical (unpaired) electrons. The second-order valence-corrected chi connectivity index (χ2v) is 5.51. The van der Waals surface area contributed by atoms with Crippen LogP contribution in [0, 0.1) is 5.92 Å². The van der Waals surface area contributed by atoms with Crippen LogP contribution in [0.2, 0.25) is 0 Å². The molecule has 0 saturated carbocycles. The standard InChI is InChI=1S/C15H20N4/c1-18-8-5-13(11-18)9-12-3-6-16-14(10-12)15-4-7-17-19(15)2/h3-4,6-7,10,13H,5,8-9,11H2,1-2H3/t13-/m0/s1. The predicted octanol–water partition coefficient (Wildman–Crippen LogP) is 1.98. The molecule has 3 rings (SSSR count). The van der Waals surface area contributed by atoms with Gasteiger partial charge in [-0.1, -0.05) is 0 Å². The molecule has 4 nitrogen and oxygen atoms in total. The number of hydrogen-bond acceptors (Lipinski definition) is 3. The van der Waals surface area contributed by atoms with E-state index in [4.69, 9.17) is 0 Å². The van der Waals surface area contributed by atoms with E-state index in [1.54, 1.807) is 0 Å². The van der Waals surface area contributed by atoms with Crippen LogP contribution in [0.25, 0.3) is 11.4 Å². The fourth-order valence-electron chi connectivity index (χ4n) is 2.89. The third-order valence-corrected chi connectivity index (χ3v) is 3.92. The molecule has 0 bridgehead atoms. The highest BCUT2D eigenvalue weighted by Crippen LogP contribution is 2.22. The van der Waals surface area contributed by atoms with Crippen molar-refractivity contribution < 1.29 is 0 Å². The van der Waals surface area contributed by atoms with Gasteiger partial charge in [-0.2, -0.15) is 5.10 Å². The Labute approximate surface area is 114 Å². The smallest absolute Gasteiger partial charge is 0.0885 e. The maximum atomic E-state index is 4.46. The zero-order valence-electron chi connectivity index (χ0n) is 11.6. The highest BCUT2D eigenvalue weighted by Gasteiger charge is 2.19. The second-order valence-electron chi connectivity index (χ2n) is 5.51. The molecule has 1 aliphatic rings. The van der Waals surface area contributed by atoms with Crippen LogP contribution in [0.4, 0.5) is 0 Å². The molecule has 4 heteroatoms. The number of rotatable bonds is 3. The van der Waals surface area contributed by atoms with Gasteiger partial charge in [-0.15, -0.1) is 0 Å². The Hall–Kier alpha value is -1.68. The molecular formula is C15H20N4. The molecule has 100 valence electrons. The van der Waals surface area contributed by atoms with E-state index in [-0.39, 0.29) is 0 Å². The highest BCUT2D eigenvalue weighted by molar-refractivity contribution is 5.54. The van der Waals surface area contributed by atoms with E-state index < -0.39 is 0 Å². The topological polar surface area (TPSA) is 34.0 Å². The second kappa shape index (κ2) is 5.13. The molecule has 19 heavy (non-hydrogen) atoms. The van der Waals surface area contributed by atoms with Crippen molar-refractivity contribution in [3.63, 3.8) is 0 Å². The lowest BCUT2D eigenvalue weighted by Crippen LogP contribution is -2.15. The van der Waals surface area contributed by atoms with Gasteiger partial charge in [0.1, 0.15) is 0 Å². The summed E-state index contributed by atoms with van der Waals surface area (Å²) in [6.45, 7) is 2.44. The molecule has 0 N–H and O–H groups in total. The molecule has 0 unspecified atom stereocenters. The van der Waals surface area contributed by atoms with Crippen molar-refractivity contribution in [2.75, 3.05) is 20.1 Å². The lowest BCUT2D eigenvalue weighted by atomic mass is 9.98. The summed E-state index contributed by atoms with van der Waals surface area (Å²) in [4.78, 5) is 6.87. The van der Waals surface area contributed by atoms with Gasteiger partial charge >= 0.3 is 0 Å². The molecule has 0 amide bonds. The van der Waals surface area contributed by atoms with Gasteiger partial charge < -0.3 is 4.90 Å².